The third kappa shape index (κ3) is 6.63. The van der Waals surface area contributed by atoms with Crippen molar-refractivity contribution in [3.63, 3.8) is 0 Å². The van der Waals surface area contributed by atoms with Gasteiger partial charge < -0.3 is 19.4 Å². The van der Waals surface area contributed by atoms with Gasteiger partial charge in [0.05, 0.1) is 5.56 Å². The summed E-state index contributed by atoms with van der Waals surface area (Å²) in [6.45, 7) is 15.9. The Kier molecular flexibility index (Phi) is 9.50. The van der Waals surface area contributed by atoms with Gasteiger partial charge in [-0.25, -0.2) is 4.79 Å². The molecule has 0 N–H and O–H groups in total. The summed E-state index contributed by atoms with van der Waals surface area (Å²) in [5.41, 5.74) is 3.72. The molecule has 3 fully saturated rings. The molecule has 3 saturated heterocycles. The molecule has 0 saturated carbocycles. The van der Waals surface area contributed by atoms with Crippen LogP contribution in [0.25, 0.3) is 0 Å². The van der Waals surface area contributed by atoms with Crippen LogP contribution in [0.15, 0.2) is 18.2 Å². The predicted octanol–water partition coefficient (Wildman–Crippen LogP) is 5.68. The highest BCUT2D eigenvalue weighted by Gasteiger charge is 2.42. The predicted molar refractivity (Wildman–Crippen MR) is 168 cm³/mol. The second-order valence-electron chi connectivity index (χ2n) is 12.2. The lowest BCUT2D eigenvalue weighted by molar-refractivity contribution is -0.130. The molecule has 0 bridgehead atoms. The number of piperidine rings is 1. The normalized spacial score (nSPS) is 21.1. The topological polar surface area (TPSA) is 73.4 Å². The van der Waals surface area contributed by atoms with Gasteiger partial charge in [-0.1, -0.05) is 17.7 Å². The van der Waals surface area contributed by atoms with Crippen LogP contribution in [0.3, 0.4) is 0 Å². The van der Waals surface area contributed by atoms with Crippen molar-refractivity contribution in [2.24, 2.45) is 11.8 Å². The van der Waals surface area contributed by atoms with Gasteiger partial charge in [0.25, 0.3) is 5.91 Å². The first-order valence-corrected chi connectivity index (χ1v) is 16.3. The number of hydrogen-bond acceptors (Lipinski definition) is 6. The highest BCUT2D eigenvalue weighted by molar-refractivity contribution is 7.12. The Morgan fingerprint density at radius 3 is 2.21 bits per heavy atom. The van der Waals surface area contributed by atoms with E-state index in [1.54, 1.807) is 28.1 Å². The zero-order valence-electron chi connectivity index (χ0n) is 25.5. The van der Waals surface area contributed by atoms with E-state index in [0.29, 0.717) is 49.3 Å². The first kappa shape index (κ1) is 30.8. The summed E-state index contributed by atoms with van der Waals surface area (Å²) in [6.07, 6.45) is 1.53. The van der Waals surface area contributed by atoms with Crippen LogP contribution in [0, 0.1) is 39.5 Å². The second kappa shape index (κ2) is 12.9. The average molecular weight is 615 g/mol. The number of fused-ring (bicyclic) bond motifs is 1. The summed E-state index contributed by atoms with van der Waals surface area (Å²) < 4.78 is 5.93. The van der Waals surface area contributed by atoms with Crippen molar-refractivity contribution in [3.8, 4) is 0 Å². The van der Waals surface area contributed by atoms with Crippen molar-refractivity contribution in [2.45, 2.75) is 60.0 Å². The molecule has 5 rings (SSSR count). The molecule has 10 heteroatoms. The Hall–Kier alpha value is -2.62. The van der Waals surface area contributed by atoms with Crippen molar-refractivity contribution in [2.75, 3.05) is 57.3 Å². The van der Waals surface area contributed by atoms with Gasteiger partial charge in [0.2, 0.25) is 5.91 Å². The van der Waals surface area contributed by atoms with Crippen LogP contribution < -0.4 is 4.90 Å². The number of aryl methyl sites for hydroxylation is 3. The van der Waals surface area contributed by atoms with Gasteiger partial charge in [-0.2, -0.15) is 0 Å². The van der Waals surface area contributed by atoms with Gasteiger partial charge in [-0.05, 0) is 75.8 Å². The largest absolute Gasteiger partial charge is 0.446 e. The standard InChI is InChI=1S/C32H43ClN4O4S/c1-20-7-8-27(15-29(20)33)37(32(40)41-28-9-13-35(14-10-28)24(5)38)12-6-11-34-16-25-18-36(19-26(25)17-34)31(39)30-21(2)22(3)42-23(30)4/h7-8,15,25-26,28H,6,9-14,16-19H2,1-5H3. The molecule has 42 heavy (non-hydrogen) atoms. The Morgan fingerprint density at radius 1 is 0.976 bits per heavy atom. The van der Waals surface area contributed by atoms with Gasteiger partial charge >= 0.3 is 6.09 Å². The Bertz CT molecular complexity index is 1320. The van der Waals surface area contributed by atoms with Gasteiger partial charge in [0.15, 0.2) is 0 Å². The summed E-state index contributed by atoms with van der Waals surface area (Å²) in [6, 6.07) is 5.68. The molecule has 2 unspecified atom stereocenters. The molecule has 3 amide bonds. The molecule has 228 valence electrons. The fraction of sp³-hybridized carbons (Fsp3) is 0.594. The van der Waals surface area contributed by atoms with E-state index in [-0.39, 0.29) is 24.0 Å². The fourth-order valence-electron chi connectivity index (χ4n) is 6.73. The van der Waals surface area contributed by atoms with Crippen LogP contribution in [0.4, 0.5) is 10.5 Å². The van der Waals surface area contributed by atoms with Crippen LogP contribution in [-0.2, 0) is 9.53 Å². The van der Waals surface area contributed by atoms with Gasteiger partial charge in [-0.15, -0.1) is 11.3 Å². The van der Waals surface area contributed by atoms with E-state index in [9.17, 15) is 14.4 Å². The van der Waals surface area contributed by atoms with Crippen LogP contribution in [-0.4, -0.2) is 91.1 Å². The number of ether oxygens (including phenoxy) is 1. The molecule has 0 spiro atoms. The summed E-state index contributed by atoms with van der Waals surface area (Å²) >= 11 is 8.15. The quantitative estimate of drug-likeness (QED) is 0.401. The Balaban J connectivity index is 1.15. The van der Waals surface area contributed by atoms with E-state index in [4.69, 9.17) is 16.3 Å². The van der Waals surface area contributed by atoms with Crippen LogP contribution >= 0.6 is 22.9 Å². The van der Waals surface area contributed by atoms with E-state index in [1.807, 2.05) is 25.1 Å². The zero-order valence-corrected chi connectivity index (χ0v) is 27.0. The lowest BCUT2D eigenvalue weighted by Crippen LogP contribution is -2.43. The van der Waals surface area contributed by atoms with Crippen molar-refractivity contribution >= 4 is 46.5 Å². The van der Waals surface area contributed by atoms with Gasteiger partial charge in [0, 0.05) is 86.0 Å². The van der Waals surface area contributed by atoms with E-state index in [1.165, 1.54) is 4.88 Å². The molecule has 1 aromatic heterocycles. The zero-order chi connectivity index (χ0) is 30.1. The monoisotopic (exact) mass is 614 g/mol. The molecular formula is C32H43ClN4O4S. The molecule has 4 heterocycles. The number of carbonyl (C=O) groups is 3. The van der Waals surface area contributed by atoms with Crippen molar-refractivity contribution < 1.29 is 19.1 Å². The maximum atomic E-state index is 13.4. The fourth-order valence-corrected chi connectivity index (χ4v) is 7.96. The van der Waals surface area contributed by atoms with E-state index in [2.05, 4.69) is 30.6 Å². The molecule has 2 aromatic rings. The van der Waals surface area contributed by atoms with E-state index >= 15 is 0 Å². The molecular weight excluding hydrogens is 572 g/mol. The second-order valence-corrected chi connectivity index (χ2v) is 14.1. The van der Waals surface area contributed by atoms with E-state index < -0.39 is 0 Å². The number of thiophene rings is 1. The van der Waals surface area contributed by atoms with Crippen molar-refractivity contribution in [1.29, 1.82) is 0 Å². The molecule has 3 aliphatic heterocycles. The first-order chi connectivity index (χ1) is 20.0. The number of carbonyl (C=O) groups excluding carboxylic acids is 3. The third-order valence-corrected chi connectivity index (χ3v) is 10.9. The van der Waals surface area contributed by atoms with Crippen molar-refractivity contribution in [1.82, 2.24) is 14.7 Å². The minimum atomic E-state index is -0.363. The first-order valence-electron chi connectivity index (χ1n) is 15.1. The number of hydrogen-bond donors (Lipinski definition) is 0. The van der Waals surface area contributed by atoms with Crippen LogP contribution in [0.2, 0.25) is 5.02 Å². The average Bonchev–Trinajstić information content (AvgIpc) is 3.59. The number of benzene rings is 1. The number of nitrogens with zero attached hydrogens (tertiary/aromatic N) is 4. The summed E-state index contributed by atoms with van der Waals surface area (Å²) in [5.74, 6) is 1.23. The molecule has 0 radical (unpaired) electrons. The molecule has 1 aromatic carbocycles. The Labute approximate surface area is 258 Å². The Morgan fingerprint density at radius 2 is 1.64 bits per heavy atom. The number of rotatable bonds is 7. The van der Waals surface area contributed by atoms with E-state index in [0.717, 1.165) is 66.4 Å². The number of likely N-dealkylation sites (tertiary alicyclic amines) is 3. The maximum Gasteiger partial charge on any atom is 0.414 e. The number of amides is 3. The number of halogens is 1. The summed E-state index contributed by atoms with van der Waals surface area (Å²) in [7, 11) is 0. The lowest BCUT2D eigenvalue weighted by Gasteiger charge is -2.32. The summed E-state index contributed by atoms with van der Waals surface area (Å²) in [5, 5.41) is 0.620. The molecule has 3 aliphatic rings. The third-order valence-electron chi connectivity index (χ3n) is 9.32. The lowest BCUT2D eigenvalue weighted by atomic mass is 10.0. The minimum absolute atomic E-state index is 0.0591. The summed E-state index contributed by atoms with van der Waals surface area (Å²) in [4.78, 5) is 48.8. The smallest absolute Gasteiger partial charge is 0.414 e. The highest BCUT2D eigenvalue weighted by Crippen LogP contribution is 2.35. The molecule has 2 atom stereocenters. The van der Waals surface area contributed by atoms with Crippen LogP contribution in [0.1, 0.15) is 57.4 Å². The van der Waals surface area contributed by atoms with Gasteiger partial charge in [0.1, 0.15) is 6.10 Å². The molecule has 0 aliphatic carbocycles. The maximum absolute atomic E-state index is 13.4. The van der Waals surface area contributed by atoms with Gasteiger partial charge in [-0.3, -0.25) is 14.5 Å². The minimum Gasteiger partial charge on any atom is -0.446 e. The highest BCUT2D eigenvalue weighted by atomic mass is 35.5. The SMILES string of the molecule is CC(=O)N1CCC(OC(=O)N(CCCN2CC3CN(C(=O)c4c(C)sc(C)c4C)CC3C2)c2ccc(C)c(Cl)c2)CC1. The molecule has 8 nitrogen and oxygen atoms in total. The van der Waals surface area contributed by atoms with Crippen molar-refractivity contribution in [3.05, 3.63) is 49.7 Å². The van der Waals surface area contributed by atoms with Crippen LogP contribution in [0.5, 0.6) is 0 Å². The number of anilines is 1.